The Labute approximate surface area is 209 Å². The van der Waals surface area contributed by atoms with Crippen LogP contribution in [0.4, 0.5) is 0 Å². The number of nitrogens with two attached hydrogens (primary N) is 1. The van der Waals surface area contributed by atoms with E-state index < -0.39 is 15.9 Å². The third-order valence-corrected chi connectivity index (χ3v) is 9.76. The standard InChI is InChI=1S/C24H31N5O4S2/c1-2-35(31,32)29-5-3-16(4-6-29)20-13-26-23-18(20)11-17(12-19(23)24(25)30)21-15-34-22(27-21)14-28-7-9-33-10-8-28/h11-13,15-16,26H,2-10,14H2,1H3,(H2,25,30). The van der Waals surface area contributed by atoms with E-state index >= 15 is 0 Å². The molecule has 0 unspecified atom stereocenters. The Bertz CT molecular complexity index is 1320. The highest BCUT2D eigenvalue weighted by Crippen LogP contribution is 2.37. The lowest BCUT2D eigenvalue weighted by Crippen LogP contribution is -2.38. The lowest BCUT2D eigenvalue weighted by molar-refractivity contribution is 0.0342. The fraction of sp³-hybridized carbons (Fsp3) is 0.500. The van der Waals surface area contributed by atoms with Crippen molar-refractivity contribution in [2.24, 2.45) is 5.73 Å². The number of thiazole rings is 1. The predicted octanol–water partition coefficient (Wildman–Crippen LogP) is 2.75. The highest BCUT2D eigenvalue weighted by Gasteiger charge is 2.29. The first kappa shape index (κ1) is 24.4. The van der Waals surface area contributed by atoms with Gasteiger partial charge in [0.2, 0.25) is 10.0 Å². The monoisotopic (exact) mass is 517 g/mol. The first-order valence-corrected chi connectivity index (χ1v) is 14.5. The van der Waals surface area contributed by atoms with Gasteiger partial charge in [0.15, 0.2) is 0 Å². The van der Waals surface area contributed by atoms with Crippen molar-refractivity contribution < 1.29 is 17.9 Å². The van der Waals surface area contributed by atoms with E-state index in [-0.39, 0.29) is 11.7 Å². The number of aromatic nitrogens is 2. The Kier molecular flexibility index (Phi) is 6.95. The van der Waals surface area contributed by atoms with Gasteiger partial charge < -0.3 is 15.5 Å². The smallest absolute Gasteiger partial charge is 0.250 e. The molecule has 188 valence electrons. The zero-order valence-electron chi connectivity index (χ0n) is 19.8. The average Bonchev–Trinajstić information content (AvgIpc) is 3.51. The normalized spacial score (nSPS) is 18.9. The van der Waals surface area contributed by atoms with Crippen molar-refractivity contribution in [1.29, 1.82) is 0 Å². The molecule has 11 heteroatoms. The number of carbonyl (C=O) groups is 1. The molecule has 2 aromatic heterocycles. The zero-order chi connectivity index (χ0) is 24.6. The third kappa shape index (κ3) is 5.01. The molecule has 0 spiro atoms. The number of nitrogens with zero attached hydrogens (tertiary/aromatic N) is 3. The van der Waals surface area contributed by atoms with E-state index in [1.807, 2.05) is 17.6 Å². The van der Waals surface area contributed by atoms with Crippen LogP contribution in [0.25, 0.3) is 22.2 Å². The molecule has 0 saturated carbocycles. The van der Waals surface area contributed by atoms with Crippen LogP contribution in [0.2, 0.25) is 0 Å². The molecule has 4 heterocycles. The minimum atomic E-state index is -3.18. The number of hydrogen-bond acceptors (Lipinski definition) is 7. The Morgan fingerprint density at radius 2 is 1.97 bits per heavy atom. The quantitative estimate of drug-likeness (QED) is 0.497. The molecule has 3 aromatic rings. The molecular weight excluding hydrogens is 486 g/mol. The molecule has 1 aromatic carbocycles. The molecule has 0 radical (unpaired) electrons. The number of nitrogens with one attached hydrogen (secondary N) is 1. The van der Waals surface area contributed by atoms with Gasteiger partial charge in [0.05, 0.1) is 42.3 Å². The summed E-state index contributed by atoms with van der Waals surface area (Å²) in [5.74, 6) is -0.162. The second-order valence-electron chi connectivity index (χ2n) is 9.14. The Morgan fingerprint density at radius 1 is 1.23 bits per heavy atom. The number of fused-ring (bicyclic) bond motifs is 1. The van der Waals surface area contributed by atoms with Gasteiger partial charge in [0.1, 0.15) is 5.01 Å². The van der Waals surface area contributed by atoms with Gasteiger partial charge in [0.25, 0.3) is 5.91 Å². The number of ether oxygens (including phenoxy) is 1. The molecule has 0 atom stereocenters. The molecule has 1 amide bonds. The van der Waals surface area contributed by atoms with Gasteiger partial charge in [-0.25, -0.2) is 17.7 Å². The van der Waals surface area contributed by atoms with Crippen LogP contribution in [0, 0.1) is 0 Å². The fourth-order valence-electron chi connectivity index (χ4n) is 5.03. The number of hydrogen-bond donors (Lipinski definition) is 2. The number of aromatic amines is 1. The van der Waals surface area contributed by atoms with Gasteiger partial charge in [-0.3, -0.25) is 9.69 Å². The van der Waals surface area contributed by atoms with Crippen LogP contribution >= 0.6 is 11.3 Å². The number of sulfonamides is 1. The number of H-pyrrole nitrogens is 1. The molecule has 35 heavy (non-hydrogen) atoms. The van der Waals surface area contributed by atoms with E-state index in [4.69, 9.17) is 15.5 Å². The maximum Gasteiger partial charge on any atom is 0.250 e. The summed E-state index contributed by atoms with van der Waals surface area (Å²) in [7, 11) is -3.18. The SMILES string of the molecule is CCS(=O)(=O)N1CCC(c2c[nH]c3c(C(N)=O)cc(-c4csc(CN5CCOCC5)n4)cc23)CC1. The lowest BCUT2D eigenvalue weighted by Gasteiger charge is -2.31. The summed E-state index contributed by atoms with van der Waals surface area (Å²) in [6.45, 7) is 6.77. The molecule has 3 N–H and O–H groups in total. The van der Waals surface area contributed by atoms with Crippen molar-refractivity contribution in [2.45, 2.75) is 32.2 Å². The van der Waals surface area contributed by atoms with Gasteiger partial charge in [-0.15, -0.1) is 11.3 Å². The summed E-state index contributed by atoms with van der Waals surface area (Å²) in [4.78, 5) is 22.8. The van der Waals surface area contributed by atoms with E-state index in [1.54, 1.807) is 22.6 Å². The van der Waals surface area contributed by atoms with Crippen molar-refractivity contribution in [3.05, 3.63) is 39.8 Å². The van der Waals surface area contributed by atoms with Crippen LogP contribution in [0.15, 0.2) is 23.7 Å². The Hall–Kier alpha value is -2.31. The second kappa shape index (κ2) is 9.98. The van der Waals surface area contributed by atoms with Crippen molar-refractivity contribution >= 4 is 38.2 Å². The molecule has 0 bridgehead atoms. The minimum absolute atomic E-state index is 0.122. The summed E-state index contributed by atoms with van der Waals surface area (Å²) in [6, 6.07) is 3.89. The molecule has 2 fully saturated rings. The van der Waals surface area contributed by atoms with E-state index in [0.717, 1.165) is 78.4 Å². The number of amides is 1. The number of morpholine rings is 1. The maximum absolute atomic E-state index is 12.3. The van der Waals surface area contributed by atoms with Crippen molar-refractivity contribution in [3.8, 4) is 11.3 Å². The molecular formula is C24H31N5O4S2. The molecule has 9 nitrogen and oxygen atoms in total. The van der Waals surface area contributed by atoms with Crippen LogP contribution in [-0.2, 0) is 21.3 Å². The van der Waals surface area contributed by atoms with Crippen molar-refractivity contribution in [1.82, 2.24) is 19.2 Å². The van der Waals surface area contributed by atoms with E-state index in [9.17, 15) is 13.2 Å². The number of rotatable bonds is 7. The van der Waals surface area contributed by atoms with Crippen LogP contribution in [-0.4, -0.2) is 78.6 Å². The molecule has 2 saturated heterocycles. The van der Waals surface area contributed by atoms with Crippen molar-refractivity contribution in [3.63, 3.8) is 0 Å². The summed E-state index contributed by atoms with van der Waals surface area (Å²) in [6.07, 6.45) is 3.42. The number of carbonyl (C=O) groups excluding carboxylic acids is 1. The first-order valence-electron chi connectivity index (χ1n) is 12.0. The number of benzene rings is 1. The van der Waals surface area contributed by atoms with Crippen molar-refractivity contribution in [2.75, 3.05) is 45.1 Å². The second-order valence-corrected chi connectivity index (χ2v) is 12.3. The highest BCUT2D eigenvalue weighted by molar-refractivity contribution is 7.89. The van der Waals surface area contributed by atoms with E-state index in [2.05, 4.69) is 16.0 Å². The molecule has 2 aliphatic heterocycles. The largest absolute Gasteiger partial charge is 0.379 e. The van der Waals surface area contributed by atoms with Crippen LogP contribution in [0.5, 0.6) is 0 Å². The summed E-state index contributed by atoms with van der Waals surface area (Å²) in [5.41, 5.74) is 9.72. The van der Waals surface area contributed by atoms with E-state index in [1.165, 1.54) is 0 Å². The van der Waals surface area contributed by atoms with Gasteiger partial charge >= 0.3 is 0 Å². The maximum atomic E-state index is 12.3. The zero-order valence-corrected chi connectivity index (χ0v) is 21.5. The van der Waals surface area contributed by atoms with Crippen LogP contribution in [0.1, 0.15) is 46.6 Å². The van der Waals surface area contributed by atoms with Gasteiger partial charge in [-0.05, 0) is 43.4 Å². The minimum Gasteiger partial charge on any atom is -0.379 e. The van der Waals surface area contributed by atoms with Crippen LogP contribution in [0.3, 0.4) is 0 Å². The summed E-state index contributed by atoms with van der Waals surface area (Å²) >= 11 is 1.62. The Morgan fingerprint density at radius 3 is 2.66 bits per heavy atom. The van der Waals surface area contributed by atoms with Gasteiger partial charge in [-0.1, -0.05) is 0 Å². The fourth-order valence-corrected chi connectivity index (χ4v) is 7.00. The average molecular weight is 518 g/mol. The van der Waals surface area contributed by atoms with Gasteiger partial charge in [-0.2, -0.15) is 0 Å². The number of piperidine rings is 1. The topological polar surface area (TPSA) is 122 Å². The molecule has 5 rings (SSSR count). The first-order chi connectivity index (χ1) is 16.9. The van der Waals surface area contributed by atoms with Gasteiger partial charge in [0, 0.05) is 48.7 Å². The number of primary amides is 1. The predicted molar refractivity (Wildman–Crippen MR) is 137 cm³/mol. The lowest BCUT2D eigenvalue weighted by atomic mass is 9.89. The van der Waals surface area contributed by atoms with E-state index in [0.29, 0.717) is 18.7 Å². The molecule has 2 aliphatic rings. The highest BCUT2D eigenvalue weighted by atomic mass is 32.2. The molecule has 0 aliphatic carbocycles. The van der Waals surface area contributed by atoms with Crippen LogP contribution < -0.4 is 5.73 Å². The Balaban J connectivity index is 1.44. The third-order valence-electron chi connectivity index (χ3n) is 7.05. The summed E-state index contributed by atoms with van der Waals surface area (Å²) < 4.78 is 31.5. The summed E-state index contributed by atoms with van der Waals surface area (Å²) in [5, 5.41) is 4.01.